The van der Waals surface area contributed by atoms with Crippen molar-refractivity contribution in [2.24, 2.45) is 0 Å². The fourth-order valence-corrected chi connectivity index (χ4v) is 1.87. The third kappa shape index (κ3) is 5.22. The highest BCUT2D eigenvalue weighted by Gasteiger charge is 2.14. The van der Waals surface area contributed by atoms with E-state index in [0.717, 1.165) is 15.7 Å². The summed E-state index contributed by atoms with van der Waals surface area (Å²) in [7, 11) is 1.64. The van der Waals surface area contributed by atoms with E-state index in [2.05, 4.69) is 27.9 Å². The van der Waals surface area contributed by atoms with Gasteiger partial charge in [0.2, 0.25) is 0 Å². The molecular formula is C13H18INO3. The smallest absolute Gasteiger partial charge is 0.260 e. The number of hydrogen-bond acceptors (Lipinski definition) is 3. The van der Waals surface area contributed by atoms with E-state index >= 15 is 0 Å². The van der Waals surface area contributed by atoms with Crippen LogP contribution in [-0.4, -0.2) is 32.3 Å². The number of hydrogen-bond donors (Lipinski definition) is 1. The van der Waals surface area contributed by atoms with Gasteiger partial charge in [-0.15, -0.1) is 0 Å². The summed E-state index contributed by atoms with van der Waals surface area (Å²) >= 11 is 2.18. The van der Waals surface area contributed by atoms with Gasteiger partial charge in [0.05, 0.1) is 3.57 Å². The first kappa shape index (κ1) is 15.2. The predicted octanol–water partition coefficient (Wildman–Crippen LogP) is 2.21. The van der Waals surface area contributed by atoms with Crippen molar-refractivity contribution in [1.82, 2.24) is 5.32 Å². The molecule has 0 saturated heterocycles. The fraction of sp³-hybridized carbons (Fsp3) is 0.462. The normalized spacial score (nSPS) is 11.9. The van der Waals surface area contributed by atoms with Gasteiger partial charge in [0.1, 0.15) is 5.75 Å². The molecule has 0 radical (unpaired) electrons. The highest BCUT2D eigenvalue weighted by atomic mass is 127. The molecule has 100 valence electrons. The number of amides is 1. The largest absolute Gasteiger partial charge is 0.480 e. The van der Waals surface area contributed by atoms with Gasteiger partial charge in [-0.2, -0.15) is 0 Å². The van der Waals surface area contributed by atoms with Crippen LogP contribution in [0.1, 0.15) is 13.3 Å². The average Bonchev–Trinajstić information content (AvgIpc) is 2.37. The van der Waals surface area contributed by atoms with Crippen molar-refractivity contribution in [3.05, 3.63) is 27.8 Å². The van der Waals surface area contributed by atoms with E-state index in [9.17, 15) is 4.79 Å². The van der Waals surface area contributed by atoms with Crippen LogP contribution in [0.2, 0.25) is 0 Å². The maximum Gasteiger partial charge on any atom is 0.260 e. The Kier molecular flexibility index (Phi) is 7.04. The Morgan fingerprint density at radius 1 is 1.44 bits per heavy atom. The van der Waals surface area contributed by atoms with Crippen molar-refractivity contribution < 1.29 is 14.3 Å². The first-order valence-corrected chi connectivity index (χ1v) is 6.91. The molecule has 0 aliphatic heterocycles. The average molecular weight is 363 g/mol. The molecule has 18 heavy (non-hydrogen) atoms. The molecule has 0 aliphatic carbocycles. The van der Waals surface area contributed by atoms with Crippen LogP contribution in [0.3, 0.4) is 0 Å². The first-order chi connectivity index (χ1) is 8.65. The van der Waals surface area contributed by atoms with Crippen LogP contribution < -0.4 is 10.1 Å². The number of halogens is 1. The molecule has 0 spiro atoms. The minimum Gasteiger partial charge on any atom is -0.480 e. The third-order valence-electron chi connectivity index (χ3n) is 2.33. The van der Waals surface area contributed by atoms with Crippen molar-refractivity contribution in [2.45, 2.75) is 19.4 Å². The van der Waals surface area contributed by atoms with E-state index in [0.29, 0.717) is 13.2 Å². The highest BCUT2D eigenvalue weighted by molar-refractivity contribution is 14.1. The Morgan fingerprint density at radius 2 is 2.17 bits per heavy atom. The zero-order valence-electron chi connectivity index (χ0n) is 10.6. The Hall–Kier alpha value is -0.820. The van der Waals surface area contributed by atoms with Crippen LogP contribution >= 0.6 is 22.6 Å². The second kappa shape index (κ2) is 8.31. The van der Waals surface area contributed by atoms with Crippen molar-refractivity contribution in [1.29, 1.82) is 0 Å². The second-order valence-electron chi connectivity index (χ2n) is 3.83. The number of para-hydroxylation sites is 1. The number of ether oxygens (including phenoxy) is 2. The number of benzene rings is 1. The van der Waals surface area contributed by atoms with E-state index in [1.54, 1.807) is 14.0 Å². The number of methoxy groups -OCH3 is 1. The summed E-state index contributed by atoms with van der Waals surface area (Å²) in [4.78, 5) is 11.7. The van der Waals surface area contributed by atoms with E-state index in [1.165, 1.54) is 0 Å². The monoisotopic (exact) mass is 363 g/mol. The van der Waals surface area contributed by atoms with Crippen molar-refractivity contribution in [3.63, 3.8) is 0 Å². The van der Waals surface area contributed by atoms with Gasteiger partial charge in [-0.1, -0.05) is 12.1 Å². The molecular weight excluding hydrogens is 345 g/mol. The Bertz CT molecular complexity index is 384. The number of nitrogens with one attached hydrogen (secondary N) is 1. The van der Waals surface area contributed by atoms with Gasteiger partial charge < -0.3 is 14.8 Å². The number of carbonyl (C=O) groups excluding carboxylic acids is 1. The lowest BCUT2D eigenvalue weighted by Crippen LogP contribution is -2.37. The van der Waals surface area contributed by atoms with Gasteiger partial charge in [-0.05, 0) is 48.1 Å². The van der Waals surface area contributed by atoms with Gasteiger partial charge in [0.25, 0.3) is 5.91 Å². The highest BCUT2D eigenvalue weighted by Crippen LogP contribution is 2.20. The van der Waals surface area contributed by atoms with Crippen LogP contribution in [0.15, 0.2) is 24.3 Å². The zero-order chi connectivity index (χ0) is 13.4. The Labute approximate surface area is 121 Å². The Balaban J connectivity index is 2.38. The van der Waals surface area contributed by atoms with E-state index < -0.39 is 6.10 Å². The molecule has 0 heterocycles. The zero-order valence-corrected chi connectivity index (χ0v) is 12.8. The van der Waals surface area contributed by atoms with Crippen LogP contribution in [0.4, 0.5) is 0 Å². The molecule has 1 aromatic carbocycles. The molecule has 1 unspecified atom stereocenters. The molecule has 0 aliphatic rings. The molecule has 0 aromatic heterocycles. The van der Waals surface area contributed by atoms with Crippen LogP contribution in [0.5, 0.6) is 5.75 Å². The Morgan fingerprint density at radius 3 is 2.83 bits per heavy atom. The van der Waals surface area contributed by atoms with Gasteiger partial charge in [-0.3, -0.25) is 4.79 Å². The summed E-state index contributed by atoms with van der Waals surface area (Å²) < 4.78 is 11.5. The van der Waals surface area contributed by atoms with Gasteiger partial charge in [0.15, 0.2) is 6.10 Å². The van der Waals surface area contributed by atoms with Crippen molar-refractivity contribution in [2.75, 3.05) is 20.3 Å². The SMILES string of the molecule is COCCCNC(=O)C(C)Oc1ccccc1I. The lowest BCUT2D eigenvalue weighted by atomic mass is 10.3. The molecule has 1 amide bonds. The van der Waals surface area contributed by atoms with Gasteiger partial charge in [0, 0.05) is 20.3 Å². The van der Waals surface area contributed by atoms with E-state index in [-0.39, 0.29) is 5.91 Å². The van der Waals surface area contributed by atoms with E-state index in [1.807, 2.05) is 24.3 Å². The molecule has 4 nitrogen and oxygen atoms in total. The third-order valence-corrected chi connectivity index (χ3v) is 3.23. The maximum atomic E-state index is 11.7. The predicted molar refractivity (Wildman–Crippen MR) is 78.8 cm³/mol. The number of rotatable bonds is 7. The quantitative estimate of drug-likeness (QED) is 0.597. The molecule has 1 atom stereocenters. The lowest BCUT2D eigenvalue weighted by Gasteiger charge is -2.15. The van der Waals surface area contributed by atoms with Crippen LogP contribution in [0, 0.1) is 3.57 Å². The molecule has 5 heteroatoms. The summed E-state index contributed by atoms with van der Waals surface area (Å²) in [6, 6.07) is 7.63. The summed E-state index contributed by atoms with van der Waals surface area (Å²) in [6.45, 7) is 2.99. The topological polar surface area (TPSA) is 47.6 Å². The standard InChI is InChI=1S/C13H18INO3/c1-10(13(16)15-8-5-9-17-2)18-12-7-4-3-6-11(12)14/h3-4,6-7,10H,5,8-9H2,1-2H3,(H,15,16). The molecule has 1 N–H and O–H groups in total. The lowest BCUT2D eigenvalue weighted by molar-refractivity contribution is -0.127. The maximum absolute atomic E-state index is 11.7. The van der Waals surface area contributed by atoms with Crippen molar-refractivity contribution in [3.8, 4) is 5.75 Å². The molecule has 0 fully saturated rings. The summed E-state index contributed by atoms with van der Waals surface area (Å²) in [5.74, 6) is 0.628. The molecule has 1 aromatic rings. The second-order valence-corrected chi connectivity index (χ2v) is 4.99. The van der Waals surface area contributed by atoms with Crippen molar-refractivity contribution >= 4 is 28.5 Å². The summed E-state index contributed by atoms with van der Waals surface area (Å²) in [6.07, 6.45) is 0.307. The molecule has 0 bridgehead atoms. The fourth-order valence-electron chi connectivity index (χ4n) is 1.36. The van der Waals surface area contributed by atoms with Gasteiger partial charge >= 0.3 is 0 Å². The van der Waals surface area contributed by atoms with Crippen LogP contribution in [0.25, 0.3) is 0 Å². The summed E-state index contributed by atoms with van der Waals surface area (Å²) in [5.41, 5.74) is 0. The van der Waals surface area contributed by atoms with Crippen LogP contribution in [-0.2, 0) is 9.53 Å². The first-order valence-electron chi connectivity index (χ1n) is 5.83. The van der Waals surface area contributed by atoms with E-state index in [4.69, 9.17) is 9.47 Å². The number of carbonyl (C=O) groups is 1. The minimum absolute atomic E-state index is 0.106. The molecule has 0 saturated carbocycles. The summed E-state index contributed by atoms with van der Waals surface area (Å²) in [5, 5.41) is 2.81. The molecule has 1 rings (SSSR count). The van der Waals surface area contributed by atoms with Gasteiger partial charge in [-0.25, -0.2) is 0 Å². The minimum atomic E-state index is -0.497.